The summed E-state index contributed by atoms with van der Waals surface area (Å²) in [5.41, 5.74) is 2.55. The molecule has 0 bridgehead atoms. The standard InChI is InChI=1S/C15H18N2O3/c1-2-15(20)16-7-5-14(19)12-3-4-13-11(9-12)6-8-17(13)10-18/h3-4,9-10H,2,5-8H2,1H3,(H,16,20). The van der Waals surface area contributed by atoms with E-state index in [0.717, 1.165) is 24.1 Å². The van der Waals surface area contributed by atoms with E-state index >= 15 is 0 Å². The van der Waals surface area contributed by atoms with Crippen molar-refractivity contribution in [3.05, 3.63) is 29.3 Å². The average molecular weight is 274 g/mol. The van der Waals surface area contributed by atoms with Gasteiger partial charge in [0.05, 0.1) is 0 Å². The molecule has 5 heteroatoms. The van der Waals surface area contributed by atoms with Gasteiger partial charge in [-0.2, -0.15) is 0 Å². The van der Waals surface area contributed by atoms with E-state index < -0.39 is 0 Å². The lowest BCUT2D eigenvalue weighted by Gasteiger charge is -2.10. The minimum atomic E-state index is -0.0478. The highest BCUT2D eigenvalue weighted by molar-refractivity contribution is 5.97. The van der Waals surface area contributed by atoms with E-state index in [4.69, 9.17) is 0 Å². The van der Waals surface area contributed by atoms with E-state index in [2.05, 4.69) is 5.32 Å². The van der Waals surface area contributed by atoms with Crippen LogP contribution in [-0.4, -0.2) is 31.2 Å². The first kappa shape index (κ1) is 14.2. The van der Waals surface area contributed by atoms with Crippen molar-refractivity contribution in [2.24, 2.45) is 0 Å². The lowest BCUT2D eigenvalue weighted by molar-refractivity contribution is -0.120. The maximum Gasteiger partial charge on any atom is 0.219 e. The van der Waals surface area contributed by atoms with Crippen molar-refractivity contribution in [3.8, 4) is 0 Å². The van der Waals surface area contributed by atoms with E-state index in [9.17, 15) is 14.4 Å². The van der Waals surface area contributed by atoms with Crippen LogP contribution in [0.1, 0.15) is 35.7 Å². The Hall–Kier alpha value is -2.17. The zero-order valence-corrected chi connectivity index (χ0v) is 11.5. The van der Waals surface area contributed by atoms with Gasteiger partial charge in [0.15, 0.2) is 5.78 Å². The smallest absolute Gasteiger partial charge is 0.219 e. The number of hydrogen-bond donors (Lipinski definition) is 1. The summed E-state index contributed by atoms with van der Waals surface area (Å²) in [6, 6.07) is 5.40. The maximum atomic E-state index is 12.0. The number of hydrogen-bond acceptors (Lipinski definition) is 3. The summed E-state index contributed by atoms with van der Waals surface area (Å²) >= 11 is 0. The van der Waals surface area contributed by atoms with Gasteiger partial charge in [-0.3, -0.25) is 14.4 Å². The van der Waals surface area contributed by atoms with Crippen molar-refractivity contribution in [3.63, 3.8) is 0 Å². The van der Waals surface area contributed by atoms with E-state index in [0.29, 0.717) is 31.5 Å². The molecule has 0 aliphatic carbocycles. The molecule has 0 fully saturated rings. The fourth-order valence-electron chi connectivity index (χ4n) is 2.30. The predicted molar refractivity (Wildman–Crippen MR) is 75.8 cm³/mol. The van der Waals surface area contributed by atoms with Crippen LogP contribution in [0.25, 0.3) is 0 Å². The molecule has 1 aromatic rings. The van der Waals surface area contributed by atoms with Crippen LogP contribution in [0.15, 0.2) is 18.2 Å². The first-order valence-electron chi connectivity index (χ1n) is 6.80. The van der Waals surface area contributed by atoms with Gasteiger partial charge in [-0.05, 0) is 30.2 Å². The summed E-state index contributed by atoms with van der Waals surface area (Å²) in [6.07, 6.45) is 2.31. The number of benzene rings is 1. The number of amides is 2. The van der Waals surface area contributed by atoms with Gasteiger partial charge in [0.1, 0.15) is 0 Å². The molecule has 2 rings (SSSR count). The Bertz CT molecular complexity index is 540. The highest BCUT2D eigenvalue weighted by Crippen LogP contribution is 2.27. The average Bonchev–Trinajstić information content (AvgIpc) is 2.88. The van der Waals surface area contributed by atoms with Crippen molar-refractivity contribution < 1.29 is 14.4 Å². The SMILES string of the molecule is CCC(=O)NCCC(=O)c1ccc2c(c1)CCN2C=O. The molecule has 0 unspecified atom stereocenters. The number of anilines is 1. The van der Waals surface area contributed by atoms with Crippen molar-refractivity contribution in [2.45, 2.75) is 26.2 Å². The molecule has 1 aliphatic rings. The largest absolute Gasteiger partial charge is 0.356 e. The number of carbonyl (C=O) groups is 3. The van der Waals surface area contributed by atoms with Crippen molar-refractivity contribution in [1.29, 1.82) is 0 Å². The minimum absolute atomic E-state index is 0.00811. The first-order valence-corrected chi connectivity index (χ1v) is 6.80. The second-order valence-corrected chi connectivity index (χ2v) is 4.77. The normalized spacial score (nSPS) is 12.9. The molecule has 20 heavy (non-hydrogen) atoms. The Kier molecular flexibility index (Phi) is 4.50. The molecule has 106 valence electrons. The summed E-state index contributed by atoms with van der Waals surface area (Å²) in [5, 5.41) is 2.69. The second-order valence-electron chi connectivity index (χ2n) is 4.77. The van der Waals surface area contributed by atoms with E-state index in [-0.39, 0.29) is 11.7 Å². The zero-order chi connectivity index (χ0) is 14.5. The summed E-state index contributed by atoms with van der Waals surface area (Å²) in [5.74, 6) is -0.0397. The monoisotopic (exact) mass is 274 g/mol. The van der Waals surface area contributed by atoms with E-state index in [1.807, 2.05) is 12.1 Å². The van der Waals surface area contributed by atoms with E-state index in [1.54, 1.807) is 17.9 Å². The van der Waals surface area contributed by atoms with Gasteiger partial charge in [0.25, 0.3) is 0 Å². The topological polar surface area (TPSA) is 66.5 Å². The Morgan fingerprint density at radius 2 is 2.20 bits per heavy atom. The van der Waals surface area contributed by atoms with Crippen LogP contribution in [0.2, 0.25) is 0 Å². The van der Waals surface area contributed by atoms with Crippen LogP contribution in [0.4, 0.5) is 5.69 Å². The molecule has 1 N–H and O–H groups in total. The van der Waals surface area contributed by atoms with Crippen molar-refractivity contribution >= 4 is 23.8 Å². The van der Waals surface area contributed by atoms with Gasteiger partial charge in [-0.15, -0.1) is 0 Å². The molecular weight excluding hydrogens is 256 g/mol. The first-order chi connectivity index (χ1) is 9.65. The predicted octanol–water partition coefficient (Wildman–Crippen LogP) is 1.30. The molecule has 0 saturated heterocycles. The Morgan fingerprint density at radius 3 is 2.90 bits per heavy atom. The minimum Gasteiger partial charge on any atom is -0.356 e. The summed E-state index contributed by atoms with van der Waals surface area (Å²) in [4.78, 5) is 35.6. The van der Waals surface area contributed by atoms with Crippen LogP contribution in [-0.2, 0) is 16.0 Å². The zero-order valence-electron chi connectivity index (χ0n) is 11.5. The lowest BCUT2D eigenvalue weighted by Crippen LogP contribution is -2.25. The van der Waals surface area contributed by atoms with Crippen LogP contribution in [0, 0.1) is 0 Å². The van der Waals surface area contributed by atoms with Gasteiger partial charge in [-0.25, -0.2) is 0 Å². The second kappa shape index (κ2) is 6.32. The molecular formula is C15H18N2O3. The Labute approximate surface area is 118 Å². The van der Waals surface area contributed by atoms with Crippen LogP contribution >= 0.6 is 0 Å². The molecule has 0 spiro atoms. The molecule has 0 saturated carbocycles. The lowest BCUT2D eigenvalue weighted by atomic mass is 10.0. The molecule has 5 nitrogen and oxygen atoms in total. The number of Topliss-reactive ketones (excluding diaryl/α,β-unsaturated/α-hetero) is 1. The number of nitrogens with one attached hydrogen (secondary N) is 1. The third-order valence-corrected chi connectivity index (χ3v) is 3.46. The van der Waals surface area contributed by atoms with Crippen molar-refractivity contribution in [2.75, 3.05) is 18.0 Å². The highest BCUT2D eigenvalue weighted by atomic mass is 16.2. The van der Waals surface area contributed by atoms with Crippen LogP contribution in [0.5, 0.6) is 0 Å². The molecule has 2 amide bonds. The summed E-state index contributed by atoms with van der Waals surface area (Å²) in [7, 11) is 0. The summed E-state index contributed by atoms with van der Waals surface area (Å²) in [6.45, 7) is 2.81. The Balaban J connectivity index is 1.98. The van der Waals surface area contributed by atoms with Crippen molar-refractivity contribution in [1.82, 2.24) is 5.32 Å². The van der Waals surface area contributed by atoms with Gasteiger partial charge >= 0.3 is 0 Å². The number of rotatable bonds is 6. The molecule has 0 atom stereocenters. The molecule has 1 heterocycles. The number of ketones is 1. The molecule has 0 aromatic heterocycles. The summed E-state index contributed by atoms with van der Waals surface area (Å²) < 4.78 is 0. The van der Waals surface area contributed by atoms with Crippen LogP contribution < -0.4 is 10.2 Å². The third kappa shape index (κ3) is 3.04. The third-order valence-electron chi connectivity index (χ3n) is 3.46. The maximum absolute atomic E-state index is 12.0. The quantitative estimate of drug-likeness (QED) is 0.628. The number of carbonyl (C=O) groups excluding carboxylic acids is 3. The van der Waals surface area contributed by atoms with Gasteiger partial charge in [0, 0.05) is 37.2 Å². The van der Waals surface area contributed by atoms with Gasteiger partial charge in [-0.1, -0.05) is 6.92 Å². The van der Waals surface area contributed by atoms with Gasteiger partial charge in [0.2, 0.25) is 12.3 Å². The fourth-order valence-corrected chi connectivity index (χ4v) is 2.30. The Morgan fingerprint density at radius 1 is 1.40 bits per heavy atom. The van der Waals surface area contributed by atoms with Crippen LogP contribution in [0.3, 0.4) is 0 Å². The fraction of sp³-hybridized carbons (Fsp3) is 0.400. The molecule has 0 radical (unpaired) electrons. The number of fused-ring (bicyclic) bond motifs is 1. The highest BCUT2D eigenvalue weighted by Gasteiger charge is 2.19. The molecule has 1 aromatic carbocycles. The van der Waals surface area contributed by atoms with E-state index in [1.165, 1.54) is 0 Å². The molecule has 1 aliphatic heterocycles. The van der Waals surface area contributed by atoms with Gasteiger partial charge < -0.3 is 10.2 Å². The number of nitrogens with zero attached hydrogens (tertiary/aromatic N) is 1.